The standard InChI is InChI=1S/C15H20BrClN2O/c1-3-19-8-4-5-12(19)10-18(2)15(20)13-7-6-11(17)9-14(13)16/h6-7,9,12H,3-5,8,10H2,1-2H3. The van der Waals surface area contributed by atoms with E-state index >= 15 is 0 Å². The maximum absolute atomic E-state index is 12.5. The molecule has 1 atom stereocenters. The number of rotatable bonds is 4. The molecule has 1 heterocycles. The first-order chi connectivity index (χ1) is 9.52. The van der Waals surface area contributed by atoms with Crippen molar-refractivity contribution in [3.8, 4) is 0 Å². The first-order valence-electron chi connectivity index (χ1n) is 6.97. The van der Waals surface area contributed by atoms with Gasteiger partial charge in [-0.25, -0.2) is 0 Å². The molecule has 1 aliphatic heterocycles. The van der Waals surface area contributed by atoms with Crippen molar-refractivity contribution in [2.45, 2.75) is 25.8 Å². The molecule has 1 fully saturated rings. The van der Waals surface area contributed by atoms with Crippen LogP contribution in [0.4, 0.5) is 0 Å². The third-order valence-corrected chi connectivity index (χ3v) is 4.79. The van der Waals surface area contributed by atoms with Crippen LogP contribution in [0.25, 0.3) is 0 Å². The van der Waals surface area contributed by atoms with Crippen LogP contribution >= 0.6 is 27.5 Å². The first kappa shape index (κ1) is 15.8. The van der Waals surface area contributed by atoms with E-state index < -0.39 is 0 Å². The Labute approximate surface area is 134 Å². The van der Waals surface area contributed by atoms with Crippen molar-refractivity contribution in [2.75, 3.05) is 26.7 Å². The van der Waals surface area contributed by atoms with Gasteiger partial charge < -0.3 is 4.90 Å². The summed E-state index contributed by atoms with van der Waals surface area (Å²) in [5.41, 5.74) is 0.665. The average molecular weight is 360 g/mol. The Kier molecular flexibility index (Phi) is 5.47. The maximum atomic E-state index is 12.5. The SMILES string of the molecule is CCN1CCCC1CN(C)C(=O)c1ccc(Cl)cc1Br. The van der Waals surface area contributed by atoms with E-state index in [1.807, 2.05) is 11.9 Å². The Hall–Kier alpha value is -0.580. The van der Waals surface area contributed by atoms with Crippen LogP contribution in [0.3, 0.4) is 0 Å². The number of likely N-dealkylation sites (tertiary alicyclic amines) is 1. The molecule has 2 rings (SSSR count). The second-order valence-electron chi connectivity index (χ2n) is 5.23. The topological polar surface area (TPSA) is 23.6 Å². The number of carbonyl (C=O) groups excluding carboxylic acids is 1. The van der Waals surface area contributed by atoms with Crippen LogP contribution in [0, 0.1) is 0 Å². The molecule has 20 heavy (non-hydrogen) atoms. The summed E-state index contributed by atoms with van der Waals surface area (Å²) in [5.74, 6) is 0.0384. The van der Waals surface area contributed by atoms with E-state index in [1.165, 1.54) is 12.8 Å². The van der Waals surface area contributed by atoms with Crippen molar-refractivity contribution in [1.82, 2.24) is 9.80 Å². The maximum Gasteiger partial charge on any atom is 0.254 e. The Morgan fingerprint density at radius 1 is 1.55 bits per heavy atom. The van der Waals surface area contributed by atoms with Gasteiger partial charge in [-0.15, -0.1) is 0 Å². The molecule has 0 aliphatic carbocycles. The Balaban J connectivity index is 2.05. The number of hydrogen-bond acceptors (Lipinski definition) is 2. The molecular formula is C15H20BrClN2O. The lowest BCUT2D eigenvalue weighted by Gasteiger charge is -2.28. The molecule has 0 saturated carbocycles. The number of amides is 1. The minimum atomic E-state index is 0.0384. The monoisotopic (exact) mass is 358 g/mol. The minimum Gasteiger partial charge on any atom is -0.340 e. The third-order valence-electron chi connectivity index (χ3n) is 3.90. The van der Waals surface area contributed by atoms with Crippen molar-refractivity contribution in [2.24, 2.45) is 0 Å². The summed E-state index contributed by atoms with van der Waals surface area (Å²) in [4.78, 5) is 16.8. The van der Waals surface area contributed by atoms with E-state index in [9.17, 15) is 4.79 Å². The van der Waals surface area contributed by atoms with E-state index in [-0.39, 0.29) is 5.91 Å². The zero-order chi connectivity index (χ0) is 14.7. The number of nitrogens with zero attached hydrogens (tertiary/aromatic N) is 2. The fourth-order valence-corrected chi connectivity index (χ4v) is 3.64. The largest absolute Gasteiger partial charge is 0.340 e. The predicted octanol–water partition coefficient (Wildman–Crippen LogP) is 3.66. The molecule has 3 nitrogen and oxygen atoms in total. The fraction of sp³-hybridized carbons (Fsp3) is 0.533. The van der Waals surface area contributed by atoms with Crippen molar-refractivity contribution < 1.29 is 4.79 Å². The molecule has 0 aromatic heterocycles. The molecule has 1 amide bonds. The molecule has 5 heteroatoms. The lowest BCUT2D eigenvalue weighted by atomic mass is 10.1. The molecule has 1 saturated heterocycles. The summed E-state index contributed by atoms with van der Waals surface area (Å²) in [5, 5.41) is 0.629. The van der Waals surface area contributed by atoms with Crippen LogP contribution in [-0.4, -0.2) is 48.4 Å². The van der Waals surface area contributed by atoms with Crippen molar-refractivity contribution in [3.05, 3.63) is 33.3 Å². The number of likely N-dealkylation sites (N-methyl/N-ethyl adjacent to an activating group) is 2. The summed E-state index contributed by atoms with van der Waals surface area (Å²) in [7, 11) is 1.87. The van der Waals surface area contributed by atoms with Crippen LogP contribution in [0.1, 0.15) is 30.1 Å². The normalized spacial score (nSPS) is 19.3. The molecule has 1 aliphatic rings. The molecular weight excluding hydrogens is 340 g/mol. The van der Waals surface area contributed by atoms with E-state index in [0.29, 0.717) is 16.6 Å². The van der Waals surface area contributed by atoms with Gasteiger partial charge in [0, 0.05) is 29.1 Å². The van der Waals surface area contributed by atoms with Crippen LogP contribution in [0.2, 0.25) is 5.02 Å². The predicted molar refractivity (Wildman–Crippen MR) is 86.4 cm³/mol. The summed E-state index contributed by atoms with van der Waals surface area (Å²) >= 11 is 9.33. The third kappa shape index (κ3) is 3.54. The molecule has 110 valence electrons. The number of carbonyl (C=O) groups is 1. The second kappa shape index (κ2) is 6.92. The zero-order valence-electron chi connectivity index (χ0n) is 11.9. The van der Waals surface area contributed by atoms with Gasteiger partial charge in [-0.3, -0.25) is 9.69 Å². The van der Waals surface area contributed by atoms with Crippen LogP contribution in [0.15, 0.2) is 22.7 Å². The highest BCUT2D eigenvalue weighted by molar-refractivity contribution is 9.10. The van der Waals surface area contributed by atoms with E-state index in [1.54, 1.807) is 18.2 Å². The van der Waals surface area contributed by atoms with Gasteiger partial charge in [0.15, 0.2) is 0 Å². The van der Waals surface area contributed by atoms with Crippen molar-refractivity contribution >= 4 is 33.4 Å². The Bertz CT molecular complexity index is 495. The Morgan fingerprint density at radius 3 is 2.95 bits per heavy atom. The van der Waals surface area contributed by atoms with Gasteiger partial charge >= 0.3 is 0 Å². The van der Waals surface area contributed by atoms with Gasteiger partial charge in [-0.1, -0.05) is 18.5 Å². The van der Waals surface area contributed by atoms with Gasteiger partial charge in [0.25, 0.3) is 5.91 Å². The molecule has 0 N–H and O–H groups in total. The van der Waals surface area contributed by atoms with E-state index in [2.05, 4.69) is 27.8 Å². The molecule has 0 bridgehead atoms. The number of hydrogen-bond donors (Lipinski definition) is 0. The molecule has 0 spiro atoms. The summed E-state index contributed by atoms with van der Waals surface area (Å²) in [6.45, 7) is 5.16. The second-order valence-corrected chi connectivity index (χ2v) is 6.53. The van der Waals surface area contributed by atoms with Gasteiger partial charge in [0.1, 0.15) is 0 Å². The quantitative estimate of drug-likeness (QED) is 0.819. The molecule has 1 unspecified atom stereocenters. The zero-order valence-corrected chi connectivity index (χ0v) is 14.2. The first-order valence-corrected chi connectivity index (χ1v) is 8.14. The summed E-state index contributed by atoms with van der Waals surface area (Å²) in [6.07, 6.45) is 2.40. The van der Waals surface area contributed by atoms with E-state index in [0.717, 1.165) is 24.1 Å². The molecule has 1 aromatic carbocycles. The number of halogens is 2. The van der Waals surface area contributed by atoms with Crippen molar-refractivity contribution in [1.29, 1.82) is 0 Å². The van der Waals surface area contributed by atoms with Crippen LogP contribution in [-0.2, 0) is 0 Å². The Morgan fingerprint density at radius 2 is 2.30 bits per heavy atom. The van der Waals surface area contributed by atoms with Crippen molar-refractivity contribution in [3.63, 3.8) is 0 Å². The van der Waals surface area contributed by atoms with Gasteiger partial charge in [-0.2, -0.15) is 0 Å². The number of benzene rings is 1. The van der Waals surface area contributed by atoms with Gasteiger partial charge in [0.05, 0.1) is 5.56 Å². The summed E-state index contributed by atoms with van der Waals surface area (Å²) in [6, 6.07) is 5.77. The average Bonchev–Trinajstić information content (AvgIpc) is 2.85. The highest BCUT2D eigenvalue weighted by Crippen LogP contribution is 2.23. The minimum absolute atomic E-state index is 0.0384. The highest BCUT2D eigenvalue weighted by Gasteiger charge is 2.26. The van der Waals surface area contributed by atoms with Crippen LogP contribution < -0.4 is 0 Å². The molecule has 0 radical (unpaired) electrons. The van der Waals surface area contributed by atoms with Crippen LogP contribution in [0.5, 0.6) is 0 Å². The van der Waals surface area contributed by atoms with E-state index in [4.69, 9.17) is 11.6 Å². The smallest absolute Gasteiger partial charge is 0.254 e. The van der Waals surface area contributed by atoms with Gasteiger partial charge in [-0.05, 0) is 60.1 Å². The lowest BCUT2D eigenvalue weighted by molar-refractivity contribution is 0.0754. The highest BCUT2D eigenvalue weighted by atomic mass is 79.9. The molecule has 1 aromatic rings. The van der Waals surface area contributed by atoms with Gasteiger partial charge in [0.2, 0.25) is 0 Å². The lowest BCUT2D eigenvalue weighted by Crippen LogP contribution is -2.41. The summed E-state index contributed by atoms with van der Waals surface area (Å²) < 4.78 is 0.751. The fourth-order valence-electron chi connectivity index (χ4n) is 2.79.